The van der Waals surface area contributed by atoms with Crippen molar-refractivity contribution in [1.82, 2.24) is 9.80 Å². The van der Waals surface area contributed by atoms with E-state index in [1.807, 2.05) is 4.90 Å². The van der Waals surface area contributed by atoms with Crippen molar-refractivity contribution in [3.05, 3.63) is 0 Å². The van der Waals surface area contributed by atoms with Crippen molar-refractivity contribution in [3.8, 4) is 0 Å². The highest BCUT2D eigenvalue weighted by molar-refractivity contribution is 5.85. The summed E-state index contributed by atoms with van der Waals surface area (Å²) in [4.78, 5) is 16.4. The fourth-order valence-corrected chi connectivity index (χ4v) is 2.42. The van der Waals surface area contributed by atoms with Gasteiger partial charge in [-0.15, -0.1) is 0 Å². The molecule has 1 rings (SSSR count). The van der Waals surface area contributed by atoms with Crippen molar-refractivity contribution < 1.29 is 4.79 Å². The number of rotatable bonds is 5. The number of carbonyl (C=O) groups excluding carboxylic acids is 1. The van der Waals surface area contributed by atoms with Crippen LogP contribution in [0, 0.1) is 5.92 Å². The molecule has 1 atom stereocenters. The van der Waals surface area contributed by atoms with Crippen LogP contribution in [0.2, 0.25) is 0 Å². The standard InChI is InChI=1S/C13H27N3O/c1-5-15(6-2)9-11-7-8-16(10-11)12(17)13(3,4)14/h11H,5-10,14H2,1-4H3. The van der Waals surface area contributed by atoms with Gasteiger partial charge in [-0.1, -0.05) is 13.8 Å². The summed E-state index contributed by atoms with van der Waals surface area (Å²) in [5.41, 5.74) is 5.12. The zero-order valence-corrected chi connectivity index (χ0v) is 11.7. The van der Waals surface area contributed by atoms with Gasteiger partial charge in [-0.25, -0.2) is 0 Å². The minimum Gasteiger partial charge on any atom is -0.341 e. The van der Waals surface area contributed by atoms with Gasteiger partial charge in [0.2, 0.25) is 5.91 Å². The van der Waals surface area contributed by atoms with E-state index >= 15 is 0 Å². The van der Waals surface area contributed by atoms with Crippen LogP contribution in [0.4, 0.5) is 0 Å². The molecule has 100 valence electrons. The molecule has 0 radical (unpaired) electrons. The Labute approximate surface area is 105 Å². The predicted octanol–water partition coefficient (Wildman–Crippen LogP) is 0.914. The molecule has 1 aliphatic heterocycles. The molecular formula is C13H27N3O. The molecule has 0 saturated carbocycles. The molecule has 4 heteroatoms. The maximum absolute atomic E-state index is 12.0. The van der Waals surface area contributed by atoms with Gasteiger partial charge in [0.15, 0.2) is 0 Å². The monoisotopic (exact) mass is 241 g/mol. The largest absolute Gasteiger partial charge is 0.341 e. The fourth-order valence-electron chi connectivity index (χ4n) is 2.42. The van der Waals surface area contributed by atoms with Gasteiger partial charge in [0.25, 0.3) is 0 Å². The Hall–Kier alpha value is -0.610. The topological polar surface area (TPSA) is 49.6 Å². The zero-order valence-electron chi connectivity index (χ0n) is 11.7. The van der Waals surface area contributed by atoms with E-state index in [1.165, 1.54) is 0 Å². The molecular weight excluding hydrogens is 214 g/mol. The van der Waals surface area contributed by atoms with Crippen LogP contribution in [-0.4, -0.2) is 54.0 Å². The Morgan fingerprint density at radius 2 is 2.00 bits per heavy atom. The van der Waals surface area contributed by atoms with Crippen LogP contribution >= 0.6 is 0 Å². The van der Waals surface area contributed by atoms with Gasteiger partial charge in [-0.05, 0) is 39.3 Å². The fraction of sp³-hybridized carbons (Fsp3) is 0.923. The van der Waals surface area contributed by atoms with Gasteiger partial charge in [0, 0.05) is 19.6 Å². The first-order chi connectivity index (χ1) is 7.88. The van der Waals surface area contributed by atoms with Gasteiger partial charge in [0.1, 0.15) is 0 Å². The molecule has 0 spiro atoms. The van der Waals surface area contributed by atoms with Crippen molar-refractivity contribution in [1.29, 1.82) is 0 Å². The highest BCUT2D eigenvalue weighted by Gasteiger charge is 2.33. The second-order valence-corrected chi connectivity index (χ2v) is 5.61. The van der Waals surface area contributed by atoms with E-state index in [2.05, 4.69) is 18.7 Å². The molecule has 0 aromatic carbocycles. The molecule has 1 fully saturated rings. The number of likely N-dealkylation sites (tertiary alicyclic amines) is 1. The van der Waals surface area contributed by atoms with E-state index in [0.717, 1.165) is 39.1 Å². The number of hydrogen-bond acceptors (Lipinski definition) is 3. The number of nitrogens with two attached hydrogens (primary N) is 1. The Morgan fingerprint density at radius 1 is 1.41 bits per heavy atom. The normalized spacial score (nSPS) is 21.3. The van der Waals surface area contributed by atoms with Crippen molar-refractivity contribution in [2.45, 2.75) is 39.7 Å². The molecule has 0 bridgehead atoms. The number of nitrogens with zero attached hydrogens (tertiary/aromatic N) is 2. The Bertz CT molecular complexity index is 256. The van der Waals surface area contributed by atoms with Crippen LogP contribution < -0.4 is 5.73 Å². The summed E-state index contributed by atoms with van der Waals surface area (Å²) >= 11 is 0. The van der Waals surface area contributed by atoms with E-state index < -0.39 is 5.54 Å². The summed E-state index contributed by atoms with van der Waals surface area (Å²) in [6.07, 6.45) is 1.11. The third-order valence-corrected chi connectivity index (χ3v) is 3.54. The third-order valence-electron chi connectivity index (χ3n) is 3.54. The number of carbonyl (C=O) groups is 1. The smallest absolute Gasteiger partial charge is 0.242 e. The molecule has 1 saturated heterocycles. The zero-order chi connectivity index (χ0) is 13.1. The summed E-state index contributed by atoms with van der Waals surface area (Å²) in [5.74, 6) is 0.695. The molecule has 0 aromatic heterocycles. The van der Waals surface area contributed by atoms with E-state index in [-0.39, 0.29) is 5.91 Å². The number of hydrogen-bond donors (Lipinski definition) is 1. The van der Waals surface area contributed by atoms with Gasteiger partial charge in [-0.2, -0.15) is 0 Å². The first kappa shape index (κ1) is 14.5. The van der Waals surface area contributed by atoms with Crippen LogP contribution in [0.15, 0.2) is 0 Å². The highest BCUT2D eigenvalue weighted by Crippen LogP contribution is 2.19. The lowest BCUT2D eigenvalue weighted by molar-refractivity contribution is -0.134. The van der Waals surface area contributed by atoms with Gasteiger partial charge in [-0.3, -0.25) is 4.79 Å². The lowest BCUT2D eigenvalue weighted by Gasteiger charge is -2.26. The lowest BCUT2D eigenvalue weighted by atomic mass is 10.1. The maximum Gasteiger partial charge on any atom is 0.242 e. The van der Waals surface area contributed by atoms with Crippen molar-refractivity contribution in [3.63, 3.8) is 0 Å². The number of amides is 1. The Kier molecular flexibility index (Phi) is 4.95. The summed E-state index contributed by atoms with van der Waals surface area (Å²) in [6.45, 7) is 12.9. The quantitative estimate of drug-likeness (QED) is 0.778. The van der Waals surface area contributed by atoms with Gasteiger partial charge < -0.3 is 15.5 Å². The summed E-state index contributed by atoms with van der Waals surface area (Å²) in [7, 11) is 0. The molecule has 17 heavy (non-hydrogen) atoms. The molecule has 1 amide bonds. The third kappa shape index (κ3) is 3.96. The second-order valence-electron chi connectivity index (χ2n) is 5.61. The van der Waals surface area contributed by atoms with Gasteiger partial charge in [0.05, 0.1) is 5.54 Å². The average molecular weight is 241 g/mol. The summed E-state index contributed by atoms with van der Waals surface area (Å²) in [5, 5.41) is 0. The van der Waals surface area contributed by atoms with Crippen molar-refractivity contribution >= 4 is 5.91 Å². The predicted molar refractivity (Wildman–Crippen MR) is 70.7 cm³/mol. The van der Waals surface area contributed by atoms with Crippen molar-refractivity contribution in [2.24, 2.45) is 11.7 Å². The first-order valence-electron chi connectivity index (χ1n) is 6.69. The van der Waals surface area contributed by atoms with E-state index in [9.17, 15) is 4.79 Å². The minimum atomic E-state index is -0.732. The molecule has 1 aliphatic rings. The summed E-state index contributed by atoms with van der Waals surface area (Å²) < 4.78 is 0. The lowest BCUT2D eigenvalue weighted by Crippen LogP contribution is -2.50. The van der Waals surface area contributed by atoms with Crippen molar-refractivity contribution in [2.75, 3.05) is 32.7 Å². The maximum atomic E-state index is 12.0. The first-order valence-corrected chi connectivity index (χ1v) is 6.69. The molecule has 0 aromatic rings. The van der Waals surface area contributed by atoms with Crippen LogP contribution in [0.1, 0.15) is 34.1 Å². The van der Waals surface area contributed by atoms with E-state index in [0.29, 0.717) is 5.92 Å². The summed E-state index contributed by atoms with van der Waals surface area (Å²) in [6, 6.07) is 0. The van der Waals surface area contributed by atoms with Crippen LogP contribution in [0.3, 0.4) is 0 Å². The molecule has 4 nitrogen and oxygen atoms in total. The van der Waals surface area contributed by atoms with Crippen LogP contribution in [0.5, 0.6) is 0 Å². The molecule has 0 aliphatic carbocycles. The highest BCUT2D eigenvalue weighted by atomic mass is 16.2. The van der Waals surface area contributed by atoms with E-state index in [1.54, 1.807) is 13.8 Å². The minimum absolute atomic E-state index is 0.0829. The molecule has 1 unspecified atom stereocenters. The SMILES string of the molecule is CCN(CC)CC1CCN(C(=O)C(C)(C)N)C1. The Balaban J connectivity index is 2.45. The second kappa shape index (κ2) is 5.83. The van der Waals surface area contributed by atoms with Crippen LogP contribution in [-0.2, 0) is 4.79 Å². The van der Waals surface area contributed by atoms with Crippen LogP contribution in [0.25, 0.3) is 0 Å². The van der Waals surface area contributed by atoms with Gasteiger partial charge >= 0.3 is 0 Å². The van der Waals surface area contributed by atoms with E-state index in [4.69, 9.17) is 5.73 Å². The molecule has 1 heterocycles. The Morgan fingerprint density at radius 3 is 2.47 bits per heavy atom. The molecule has 2 N–H and O–H groups in total. The average Bonchev–Trinajstić information content (AvgIpc) is 2.71.